The van der Waals surface area contributed by atoms with E-state index in [4.69, 9.17) is 0 Å². The fourth-order valence-corrected chi connectivity index (χ4v) is 2.24. The lowest BCUT2D eigenvalue weighted by Gasteiger charge is -2.22. The lowest BCUT2D eigenvalue weighted by molar-refractivity contribution is -0.149. The number of hydrogen-bond acceptors (Lipinski definition) is 3. The van der Waals surface area contributed by atoms with Crippen LogP contribution in [-0.4, -0.2) is 46.5 Å². The van der Waals surface area contributed by atoms with Crippen LogP contribution in [-0.2, 0) is 6.18 Å². The summed E-state index contributed by atoms with van der Waals surface area (Å²) in [6.07, 6.45) is -12.1. The van der Waals surface area contributed by atoms with Crippen molar-refractivity contribution in [1.29, 1.82) is 0 Å². The molecule has 1 N–H and O–H groups in total. The second-order valence-electron chi connectivity index (χ2n) is 4.96. The van der Waals surface area contributed by atoms with Crippen molar-refractivity contribution in [2.75, 3.05) is 11.9 Å². The van der Waals surface area contributed by atoms with Gasteiger partial charge >= 0.3 is 18.4 Å². The number of rotatable bonds is 2. The number of urea groups is 1. The second kappa shape index (κ2) is 5.55. The Labute approximate surface area is 126 Å². The van der Waals surface area contributed by atoms with Gasteiger partial charge < -0.3 is 10.0 Å². The summed E-state index contributed by atoms with van der Waals surface area (Å²) in [7, 11) is 1.02. The Kier molecular flexibility index (Phi) is 4.18. The Morgan fingerprint density at radius 3 is 2.39 bits per heavy atom. The van der Waals surface area contributed by atoms with Crippen molar-refractivity contribution in [1.82, 2.24) is 9.88 Å². The SMILES string of the molecule is CN1C(=O)N(c2cc(C(F)(F)F)ccn2)C(O)C1CC(F)(F)F. The Balaban J connectivity index is 2.35. The lowest BCUT2D eigenvalue weighted by atomic mass is 10.1. The smallest absolute Gasteiger partial charge is 0.371 e. The van der Waals surface area contributed by atoms with Crippen molar-refractivity contribution in [3.8, 4) is 0 Å². The van der Waals surface area contributed by atoms with Gasteiger partial charge in [0.2, 0.25) is 0 Å². The number of likely N-dealkylation sites (N-methyl/N-ethyl adjacent to an activating group) is 1. The highest BCUT2D eigenvalue weighted by atomic mass is 19.4. The second-order valence-corrected chi connectivity index (χ2v) is 4.96. The van der Waals surface area contributed by atoms with Crippen LogP contribution in [0.5, 0.6) is 0 Å². The number of anilines is 1. The molecule has 2 heterocycles. The number of carbonyl (C=O) groups is 1. The van der Waals surface area contributed by atoms with Crippen LogP contribution in [0.15, 0.2) is 18.3 Å². The van der Waals surface area contributed by atoms with Gasteiger partial charge in [0, 0.05) is 13.2 Å². The molecule has 2 atom stereocenters. The molecule has 23 heavy (non-hydrogen) atoms. The van der Waals surface area contributed by atoms with E-state index in [9.17, 15) is 36.2 Å². The zero-order chi connectivity index (χ0) is 17.6. The standard InChI is InChI=1S/C12H11F6N3O2/c1-20-7(5-11(13,14)15)9(22)21(10(20)23)8-4-6(2-3-19-8)12(16,17)18/h2-4,7,9,22H,5H2,1H3. The van der Waals surface area contributed by atoms with E-state index in [2.05, 4.69) is 4.98 Å². The quantitative estimate of drug-likeness (QED) is 0.840. The van der Waals surface area contributed by atoms with E-state index in [1.807, 2.05) is 0 Å². The third-order valence-electron chi connectivity index (χ3n) is 3.37. The number of amides is 2. The predicted molar refractivity (Wildman–Crippen MR) is 65.3 cm³/mol. The molecule has 128 valence electrons. The summed E-state index contributed by atoms with van der Waals surface area (Å²) in [6, 6.07) is -1.57. The molecule has 0 radical (unpaired) electrons. The minimum absolute atomic E-state index is 0.408. The van der Waals surface area contributed by atoms with Crippen LogP contribution in [0.25, 0.3) is 0 Å². The molecule has 0 saturated carbocycles. The van der Waals surface area contributed by atoms with Crippen molar-refractivity contribution in [2.24, 2.45) is 0 Å². The van der Waals surface area contributed by atoms with Crippen molar-refractivity contribution in [3.63, 3.8) is 0 Å². The highest BCUT2D eigenvalue weighted by molar-refractivity contribution is 5.94. The van der Waals surface area contributed by atoms with Crippen LogP contribution in [0.1, 0.15) is 12.0 Å². The summed E-state index contributed by atoms with van der Waals surface area (Å²) in [6.45, 7) is 0. The number of alkyl halides is 6. The Bertz CT molecular complexity index is 603. The number of hydrogen-bond donors (Lipinski definition) is 1. The largest absolute Gasteiger partial charge is 0.416 e. The van der Waals surface area contributed by atoms with E-state index < -0.39 is 48.5 Å². The first kappa shape index (κ1) is 17.3. The summed E-state index contributed by atoms with van der Waals surface area (Å²) in [4.78, 5) is 16.5. The molecule has 0 spiro atoms. The predicted octanol–water partition coefficient (Wildman–Crippen LogP) is 2.61. The number of halogens is 6. The zero-order valence-electron chi connectivity index (χ0n) is 11.6. The van der Waals surface area contributed by atoms with Gasteiger partial charge in [-0.2, -0.15) is 26.3 Å². The number of aliphatic hydroxyl groups is 1. The first-order valence-electron chi connectivity index (χ1n) is 6.26. The van der Waals surface area contributed by atoms with E-state index >= 15 is 0 Å². The van der Waals surface area contributed by atoms with Crippen LogP contribution >= 0.6 is 0 Å². The molecule has 5 nitrogen and oxygen atoms in total. The zero-order valence-corrected chi connectivity index (χ0v) is 11.6. The topological polar surface area (TPSA) is 56.7 Å². The third kappa shape index (κ3) is 3.49. The van der Waals surface area contributed by atoms with Gasteiger partial charge in [0.15, 0.2) is 6.23 Å². The van der Waals surface area contributed by atoms with Crippen LogP contribution < -0.4 is 4.90 Å². The number of carbonyl (C=O) groups excluding carboxylic acids is 1. The average Bonchev–Trinajstić information content (AvgIpc) is 2.61. The number of pyridine rings is 1. The van der Waals surface area contributed by atoms with Crippen molar-refractivity contribution < 1.29 is 36.2 Å². The fraction of sp³-hybridized carbons (Fsp3) is 0.500. The molecule has 2 rings (SSSR count). The van der Waals surface area contributed by atoms with Crippen LogP contribution in [0.3, 0.4) is 0 Å². The first-order chi connectivity index (χ1) is 10.4. The van der Waals surface area contributed by atoms with E-state index in [1.165, 1.54) is 0 Å². The number of aromatic nitrogens is 1. The van der Waals surface area contributed by atoms with Gasteiger partial charge in [0.05, 0.1) is 18.0 Å². The van der Waals surface area contributed by atoms with Crippen LogP contribution in [0.4, 0.5) is 37.0 Å². The molecule has 1 aliphatic rings. The lowest BCUT2D eigenvalue weighted by Crippen LogP contribution is -2.39. The maximum absolute atomic E-state index is 12.7. The van der Waals surface area contributed by atoms with Gasteiger partial charge in [-0.3, -0.25) is 0 Å². The minimum Gasteiger partial charge on any atom is -0.371 e. The Hall–Kier alpha value is -2.04. The monoisotopic (exact) mass is 343 g/mol. The summed E-state index contributed by atoms with van der Waals surface area (Å²) in [5.74, 6) is -0.575. The van der Waals surface area contributed by atoms with Crippen LogP contribution in [0.2, 0.25) is 0 Å². The molecule has 1 aromatic rings. The molecule has 0 aliphatic carbocycles. The van der Waals surface area contributed by atoms with Gasteiger partial charge in [-0.25, -0.2) is 14.7 Å². The molecule has 1 saturated heterocycles. The molecule has 1 aliphatic heterocycles. The number of nitrogens with zero attached hydrogens (tertiary/aromatic N) is 3. The van der Waals surface area contributed by atoms with Crippen molar-refractivity contribution in [2.45, 2.75) is 31.0 Å². The van der Waals surface area contributed by atoms with E-state index in [-0.39, 0.29) is 0 Å². The third-order valence-corrected chi connectivity index (χ3v) is 3.37. The van der Waals surface area contributed by atoms with Gasteiger partial charge in [0.25, 0.3) is 0 Å². The maximum atomic E-state index is 12.7. The van der Waals surface area contributed by atoms with Gasteiger partial charge in [-0.1, -0.05) is 0 Å². The van der Waals surface area contributed by atoms with E-state index in [1.54, 1.807) is 0 Å². The molecule has 0 bridgehead atoms. The molecular weight excluding hydrogens is 332 g/mol. The molecule has 1 fully saturated rings. The highest BCUT2D eigenvalue weighted by Crippen LogP contribution is 2.35. The number of aliphatic hydroxyl groups excluding tert-OH is 1. The fourth-order valence-electron chi connectivity index (χ4n) is 2.24. The molecule has 2 amide bonds. The Morgan fingerprint density at radius 2 is 1.87 bits per heavy atom. The normalized spacial score (nSPS) is 22.9. The van der Waals surface area contributed by atoms with Crippen LogP contribution in [0, 0.1) is 0 Å². The highest BCUT2D eigenvalue weighted by Gasteiger charge is 2.49. The van der Waals surface area contributed by atoms with Gasteiger partial charge in [-0.15, -0.1) is 0 Å². The molecular formula is C12H11F6N3O2. The minimum atomic E-state index is -4.72. The summed E-state index contributed by atoms with van der Waals surface area (Å²) >= 11 is 0. The summed E-state index contributed by atoms with van der Waals surface area (Å²) in [5.41, 5.74) is -1.13. The van der Waals surface area contributed by atoms with Gasteiger partial charge in [0.1, 0.15) is 5.82 Å². The summed E-state index contributed by atoms with van der Waals surface area (Å²) < 4.78 is 75.5. The van der Waals surface area contributed by atoms with E-state index in [0.717, 1.165) is 13.2 Å². The molecule has 1 aromatic heterocycles. The Morgan fingerprint density at radius 1 is 1.26 bits per heavy atom. The first-order valence-corrected chi connectivity index (χ1v) is 6.26. The molecule has 0 aromatic carbocycles. The molecule has 11 heteroatoms. The van der Waals surface area contributed by atoms with Crippen molar-refractivity contribution in [3.05, 3.63) is 23.9 Å². The molecule has 2 unspecified atom stereocenters. The maximum Gasteiger partial charge on any atom is 0.416 e. The van der Waals surface area contributed by atoms with Gasteiger partial charge in [-0.05, 0) is 12.1 Å². The van der Waals surface area contributed by atoms with Crippen molar-refractivity contribution >= 4 is 11.8 Å². The summed E-state index contributed by atoms with van der Waals surface area (Å²) in [5, 5.41) is 9.94. The van der Waals surface area contributed by atoms with E-state index in [0.29, 0.717) is 21.9 Å². The average molecular weight is 343 g/mol.